The highest BCUT2D eigenvalue weighted by molar-refractivity contribution is 6.31. The average molecular weight is 328 g/mol. The van der Waals surface area contributed by atoms with Crippen molar-refractivity contribution < 1.29 is 9.13 Å². The third-order valence-electron chi connectivity index (χ3n) is 3.08. The van der Waals surface area contributed by atoms with E-state index in [4.69, 9.17) is 27.9 Å². The number of halogens is 3. The second kappa shape index (κ2) is 7.12. The van der Waals surface area contributed by atoms with Crippen LogP contribution in [0.4, 0.5) is 4.39 Å². The number of rotatable bonds is 5. The molecule has 0 heterocycles. The van der Waals surface area contributed by atoms with E-state index < -0.39 is 5.82 Å². The van der Waals surface area contributed by atoms with Crippen LogP contribution in [0.3, 0.4) is 0 Å². The minimum absolute atomic E-state index is 0.0650. The molecule has 5 heteroatoms. The number of nitrogens with one attached hydrogen (secondary N) is 1. The third-order valence-corrected chi connectivity index (χ3v) is 3.71. The molecule has 0 aliphatic heterocycles. The van der Waals surface area contributed by atoms with Crippen LogP contribution >= 0.6 is 23.2 Å². The van der Waals surface area contributed by atoms with Gasteiger partial charge in [-0.05, 0) is 43.3 Å². The van der Waals surface area contributed by atoms with Gasteiger partial charge < -0.3 is 10.1 Å². The molecule has 2 aromatic rings. The van der Waals surface area contributed by atoms with Crippen LogP contribution in [-0.2, 0) is 0 Å². The Kier molecular flexibility index (Phi) is 5.45. The Morgan fingerprint density at radius 1 is 1.10 bits per heavy atom. The summed E-state index contributed by atoms with van der Waals surface area (Å²) in [6.45, 7) is 4.94. The normalized spacial score (nSPS) is 12.2. The van der Waals surface area contributed by atoms with Crippen molar-refractivity contribution in [2.24, 2.45) is 0 Å². The van der Waals surface area contributed by atoms with Gasteiger partial charge in [-0.25, -0.2) is 4.39 Å². The first-order valence-corrected chi connectivity index (χ1v) is 7.42. The summed E-state index contributed by atoms with van der Waals surface area (Å²) in [6.07, 6.45) is 0. The van der Waals surface area contributed by atoms with Crippen molar-refractivity contribution in [3.63, 3.8) is 0 Å². The standard InChI is InChI=1S/C16H16Cl2FNO/c1-3-20-10(2)13-6-4-11(8-15(13)18)21-12-5-7-14(17)16(19)9-12/h4-10,20H,3H2,1-2H3. The molecule has 0 radical (unpaired) electrons. The van der Waals surface area contributed by atoms with Crippen LogP contribution in [0.1, 0.15) is 25.5 Å². The molecule has 2 aromatic carbocycles. The predicted octanol–water partition coefficient (Wildman–Crippen LogP) is 5.60. The highest BCUT2D eigenvalue weighted by Gasteiger charge is 2.10. The van der Waals surface area contributed by atoms with E-state index in [-0.39, 0.29) is 11.1 Å². The van der Waals surface area contributed by atoms with Crippen LogP contribution < -0.4 is 10.1 Å². The van der Waals surface area contributed by atoms with E-state index in [1.165, 1.54) is 12.1 Å². The number of ether oxygens (including phenoxy) is 1. The maximum absolute atomic E-state index is 13.4. The van der Waals surface area contributed by atoms with E-state index in [2.05, 4.69) is 5.32 Å². The van der Waals surface area contributed by atoms with Gasteiger partial charge in [-0.3, -0.25) is 0 Å². The zero-order valence-corrected chi connectivity index (χ0v) is 13.3. The molecular formula is C16H16Cl2FNO. The smallest absolute Gasteiger partial charge is 0.145 e. The van der Waals surface area contributed by atoms with Gasteiger partial charge in [-0.1, -0.05) is 36.2 Å². The summed E-state index contributed by atoms with van der Waals surface area (Å²) in [5.41, 5.74) is 0.994. The summed E-state index contributed by atoms with van der Waals surface area (Å²) in [5.74, 6) is 0.410. The maximum atomic E-state index is 13.4. The van der Waals surface area contributed by atoms with Crippen molar-refractivity contribution in [3.05, 3.63) is 57.8 Å². The quantitative estimate of drug-likeness (QED) is 0.772. The second-order valence-corrected chi connectivity index (χ2v) is 5.46. The molecule has 0 saturated heterocycles. The molecule has 0 fully saturated rings. The fourth-order valence-corrected chi connectivity index (χ4v) is 2.47. The summed E-state index contributed by atoms with van der Waals surface area (Å²) in [5, 5.41) is 3.97. The zero-order valence-electron chi connectivity index (χ0n) is 11.8. The summed E-state index contributed by atoms with van der Waals surface area (Å²) in [7, 11) is 0. The largest absolute Gasteiger partial charge is 0.457 e. The van der Waals surface area contributed by atoms with E-state index in [9.17, 15) is 4.39 Å². The lowest BCUT2D eigenvalue weighted by Crippen LogP contribution is -2.17. The van der Waals surface area contributed by atoms with Crippen LogP contribution in [0.15, 0.2) is 36.4 Å². The zero-order chi connectivity index (χ0) is 15.4. The molecule has 0 bridgehead atoms. The fourth-order valence-electron chi connectivity index (χ4n) is 2.02. The lowest BCUT2D eigenvalue weighted by Gasteiger charge is -2.15. The maximum Gasteiger partial charge on any atom is 0.145 e. The Morgan fingerprint density at radius 3 is 2.38 bits per heavy atom. The first kappa shape index (κ1) is 16.1. The SMILES string of the molecule is CCNC(C)c1ccc(Oc2ccc(Cl)c(F)c2)cc1Cl. The Labute approximate surface area is 133 Å². The van der Waals surface area contributed by atoms with Crippen LogP contribution in [-0.4, -0.2) is 6.54 Å². The van der Waals surface area contributed by atoms with Crippen LogP contribution in [0, 0.1) is 5.82 Å². The van der Waals surface area contributed by atoms with E-state index in [1.54, 1.807) is 12.1 Å². The van der Waals surface area contributed by atoms with Gasteiger partial charge >= 0.3 is 0 Å². The number of hydrogen-bond donors (Lipinski definition) is 1. The van der Waals surface area contributed by atoms with E-state index in [0.717, 1.165) is 12.1 Å². The summed E-state index contributed by atoms with van der Waals surface area (Å²) in [6, 6.07) is 9.88. The van der Waals surface area contributed by atoms with Gasteiger partial charge in [0.1, 0.15) is 17.3 Å². The van der Waals surface area contributed by atoms with Crippen molar-refractivity contribution in [1.82, 2.24) is 5.32 Å². The van der Waals surface area contributed by atoms with E-state index in [0.29, 0.717) is 16.5 Å². The first-order valence-electron chi connectivity index (χ1n) is 6.67. The van der Waals surface area contributed by atoms with Crippen molar-refractivity contribution in [2.45, 2.75) is 19.9 Å². The molecule has 1 atom stereocenters. The van der Waals surface area contributed by atoms with E-state index >= 15 is 0 Å². The molecule has 2 rings (SSSR count). The van der Waals surface area contributed by atoms with Crippen LogP contribution in [0.25, 0.3) is 0 Å². The van der Waals surface area contributed by atoms with Gasteiger partial charge in [-0.2, -0.15) is 0 Å². The molecule has 1 unspecified atom stereocenters. The van der Waals surface area contributed by atoms with E-state index in [1.807, 2.05) is 26.0 Å². The van der Waals surface area contributed by atoms with Gasteiger partial charge in [0.05, 0.1) is 5.02 Å². The molecule has 2 nitrogen and oxygen atoms in total. The molecule has 112 valence electrons. The summed E-state index contributed by atoms with van der Waals surface area (Å²) in [4.78, 5) is 0. The van der Waals surface area contributed by atoms with Gasteiger partial charge in [0.2, 0.25) is 0 Å². The first-order chi connectivity index (χ1) is 10.0. The summed E-state index contributed by atoms with van der Waals surface area (Å²) >= 11 is 11.9. The molecule has 0 aliphatic rings. The van der Waals surface area contributed by atoms with Crippen molar-refractivity contribution in [1.29, 1.82) is 0 Å². The highest BCUT2D eigenvalue weighted by Crippen LogP contribution is 2.31. The topological polar surface area (TPSA) is 21.3 Å². The number of benzene rings is 2. The van der Waals surface area contributed by atoms with Crippen molar-refractivity contribution in [3.8, 4) is 11.5 Å². The number of hydrogen-bond acceptors (Lipinski definition) is 2. The molecular weight excluding hydrogens is 312 g/mol. The minimum atomic E-state index is -0.516. The fraction of sp³-hybridized carbons (Fsp3) is 0.250. The molecule has 0 saturated carbocycles. The molecule has 0 amide bonds. The van der Waals surface area contributed by atoms with Crippen molar-refractivity contribution >= 4 is 23.2 Å². The van der Waals surface area contributed by atoms with Gasteiger partial charge in [0.25, 0.3) is 0 Å². The Morgan fingerprint density at radius 2 is 1.76 bits per heavy atom. The summed E-state index contributed by atoms with van der Waals surface area (Å²) < 4.78 is 19.0. The second-order valence-electron chi connectivity index (χ2n) is 4.64. The average Bonchev–Trinajstić information content (AvgIpc) is 2.43. The monoisotopic (exact) mass is 327 g/mol. The predicted molar refractivity (Wildman–Crippen MR) is 85.0 cm³/mol. The molecule has 0 aromatic heterocycles. The lowest BCUT2D eigenvalue weighted by molar-refractivity contribution is 0.476. The Hall–Kier alpha value is -1.29. The molecule has 21 heavy (non-hydrogen) atoms. The minimum Gasteiger partial charge on any atom is -0.457 e. The Bertz CT molecular complexity index is 634. The third kappa shape index (κ3) is 4.10. The van der Waals surface area contributed by atoms with Crippen molar-refractivity contribution in [2.75, 3.05) is 6.54 Å². The van der Waals surface area contributed by atoms with Crippen LogP contribution in [0.2, 0.25) is 10.0 Å². The highest BCUT2D eigenvalue weighted by atomic mass is 35.5. The van der Waals surface area contributed by atoms with Gasteiger partial charge in [0, 0.05) is 17.1 Å². The van der Waals surface area contributed by atoms with Gasteiger partial charge in [0.15, 0.2) is 0 Å². The molecule has 1 N–H and O–H groups in total. The molecule has 0 spiro atoms. The van der Waals surface area contributed by atoms with Crippen LogP contribution in [0.5, 0.6) is 11.5 Å². The van der Waals surface area contributed by atoms with Gasteiger partial charge in [-0.15, -0.1) is 0 Å². The lowest BCUT2D eigenvalue weighted by atomic mass is 10.1. The Balaban J connectivity index is 2.18. The molecule has 0 aliphatic carbocycles.